The van der Waals surface area contributed by atoms with Crippen LogP contribution in [0.2, 0.25) is 0 Å². The van der Waals surface area contributed by atoms with E-state index < -0.39 is 18.0 Å². The number of aliphatic hydroxyl groups is 2. The number of aliphatic hydroxyl groups excluding tert-OH is 2. The number of hydrogen-bond donors (Lipinski definition) is 2. The predicted molar refractivity (Wildman–Crippen MR) is 55.2 cm³/mol. The van der Waals surface area contributed by atoms with Crippen molar-refractivity contribution in [3.05, 3.63) is 29.8 Å². The highest BCUT2D eigenvalue weighted by Crippen LogP contribution is 2.26. The zero-order chi connectivity index (χ0) is 12.2. The van der Waals surface area contributed by atoms with Crippen LogP contribution in [0.5, 0.6) is 0 Å². The molecule has 0 fully saturated rings. The van der Waals surface area contributed by atoms with Gasteiger partial charge in [0.15, 0.2) is 6.10 Å². The molecule has 0 bridgehead atoms. The number of rotatable bonds is 4. The van der Waals surface area contributed by atoms with Gasteiger partial charge in [0, 0.05) is 10.6 Å². The van der Waals surface area contributed by atoms with Crippen molar-refractivity contribution in [2.75, 3.05) is 5.75 Å². The Morgan fingerprint density at radius 2 is 1.75 bits per heavy atom. The van der Waals surface area contributed by atoms with Crippen LogP contribution in [0.3, 0.4) is 0 Å². The highest BCUT2D eigenvalue weighted by Gasteiger charge is 2.37. The topological polar surface area (TPSA) is 40.5 Å². The molecule has 0 aliphatic heterocycles. The highest BCUT2D eigenvalue weighted by atomic mass is 32.2. The van der Waals surface area contributed by atoms with Crippen molar-refractivity contribution in [1.82, 2.24) is 0 Å². The van der Waals surface area contributed by atoms with Crippen LogP contribution >= 0.6 is 11.8 Å². The normalized spacial score (nSPS) is 13.8. The van der Waals surface area contributed by atoms with Crippen LogP contribution in [-0.2, 0) is 6.61 Å². The molecule has 2 N–H and O–H groups in total. The summed E-state index contributed by atoms with van der Waals surface area (Å²) in [6.45, 7) is -0.101. The lowest BCUT2D eigenvalue weighted by Gasteiger charge is -2.13. The van der Waals surface area contributed by atoms with Gasteiger partial charge in [0.05, 0.1) is 6.61 Å². The lowest BCUT2D eigenvalue weighted by Crippen LogP contribution is -2.30. The van der Waals surface area contributed by atoms with Crippen molar-refractivity contribution in [2.24, 2.45) is 0 Å². The van der Waals surface area contributed by atoms with Crippen molar-refractivity contribution in [2.45, 2.75) is 23.8 Å². The Bertz CT molecular complexity index is 324. The molecule has 0 heterocycles. The molecule has 2 nitrogen and oxygen atoms in total. The van der Waals surface area contributed by atoms with E-state index in [9.17, 15) is 13.2 Å². The Morgan fingerprint density at radius 1 is 1.19 bits per heavy atom. The van der Waals surface area contributed by atoms with E-state index in [1.165, 1.54) is 0 Å². The molecule has 0 aromatic heterocycles. The number of halogens is 3. The minimum absolute atomic E-state index is 0.101. The molecule has 1 aromatic rings. The Balaban J connectivity index is 2.48. The van der Waals surface area contributed by atoms with Gasteiger partial charge in [0.2, 0.25) is 0 Å². The van der Waals surface area contributed by atoms with Gasteiger partial charge in [-0.3, -0.25) is 0 Å². The molecule has 1 rings (SSSR count). The SMILES string of the molecule is OCc1ccc(SCC(O)C(F)(F)F)cc1. The molecule has 6 heteroatoms. The fraction of sp³-hybridized carbons (Fsp3) is 0.400. The molecule has 1 atom stereocenters. The monoisotopic (exact) mass is 252 g/mol. The number of alkyl halides is 3. The van der Waals surface area contributed by atoms with Crippen LogP contribution in [-0.4, -0.2) is 28.2 Å². The maximum atomic E-state index is 12.0. The van der Waals surface area contributed by atoms with E-state index in [1.54, 1.807) is 24.3 Å². The second-order valence-corrected chi connectivity index (χ2v) is 4.26. The van der Waals surface area contributed by atoms with Crippen LogP contribution < -0.4 is 0 Å². The summed E-state index contributed by atoms with van der Waals surface area (Å²) in [4.78, 5) is 0.625. The van der Waals surface area contributed by atoms with Gasteiger partial charge < -0.3 is 10.2 Å². The van der Waals surface area contributed by atoms with Gasteiger partial charge in [-0.25, -0.2) is 0 Å². The number of benzene rings is 1. The third-order valence-corrected chi connectivity index (χ3v) is 2.98. The molecule has 16 heavy (non-hydrogen) atoms. The lowest BCUT2D eigenvalue weighted by atomic mass is 10.2. The Morgan fingerprint density at radius 3 is 2.19 bits per heavy atom. The van der Waals surface area contributed by atoms with Crippen LogP contribution in [0, 0.1) is 0 Å². The maximum Gasteiger partial charge on any atom is 0.415 e. The smallest absolute Gasteiger partial charge is 0.392 e. The van der Waals surface area contributed by atoms with Crippen molar-refractivity contribution < 1.29 is 23.4 Å². The van der Waals surface area contributed by atoms with Gasteiger partial charge in [-0.15, -0.1) is 11.8 Å². The van der Waals surface area contributed by atoms with E-state index in [1.807, 2.05) is 0 Å². The Hall–Kier alpha value is -0.720. The lowest BCUT2D eigenvalue weighted by molar-refractivity contribution is -0.195. The quantitative estimate of drug-likeness (QED) is 0.807. The predicted octanol–water partition coefficient (Wildman–Crippen LogP) is 2.19. The summed E-state index contributed by atoms with van der Waals surface area (Å²) in [6.07, 6.45) is -6.88. The molecule has 0 aliphatic rings. The van der Waals surface area contributed by atoms with Gasteiger partial charge in [0.1, 0.15) is 0 Å². The van der Waals surface area contributed by atoms with Crippen molar-refractivity contribution in [3.63, 3.8) is 0 Å². The van der Waals surface area contributed by atoms with Crippen LogP contribution in [0.15, 0.2) is 29.2 Å². The minimum Gasteiger partial charge on any atom is -0.392 e. The second-order valence-electron chi connectivity index (χ2n) is 3.17. The number of thioether (sulfide) groups is 1. The molecule has 0 radical (unpaired) electrons. The summed E-state index contributed by atoms with van der Waals surface area (Å²) in [5, 5.41) is 17.5. The van der Waals surface area contributed by atoms with Gasteiger partial charge in [-0.1, -0.05) is 12.1 Å². The van der Waals surface area contributed by atoms with Crippen molar-refractivity contribution in [3.8, 4) is 0 Å². The van der Waals surface area contributed by atoms with E-state index in [2.05, 4.69) is 0 Å². The molecule has 0 amide bonds. The summed E-state index contributed by atoms with van der Waals surface area (Å²) in [7, 11) is 0. The highest BCUT2D eigenvalue weighted by molar-refractivity contribution is 7.99. The van der Waals surface area contributed by atoms with E-state index >= 15 is 0 Å². The Labute approximate surface area is 95.1 Å². The molecule has 0 saturated carbocycles. The maximum absolute atomic E-state index is 12.0. The molecule has 0 saturated heterocycles. The molecule has 90 valence electrons. The minimum atomic E-state index is -4.57. The first-order chi connectivity index (χ1) is 7.43. The van der Waals surface area contributed by atoms with Gasteiger partial charge >= 0.3 is 6.18 Å². The fourth-order valence-electron chi connectivity index (χ4n) is 0.961. The first kappa shape index (κ1) is 13.3. The molecule has 0 spiro atoms. The van der Waals surface area contributed by atoms with Crippen LogP contribution in [0.1, 0.15) is 5.56 Å². The first-order valence-electron chi connectivity index (χ1n) is 4.51. The van der Waals surface area contributed by atoms with E-state index in [-0.39, 0.29) is 6.61 Å². The van der Waals surface area contributed by atoms with E-state index in [0.29, 0.717) is 10.5 Å². The molecule has 0 aliphatic carbocycles. The molecular weight excluding hydrogens is 241 g/mol. The summed E-state index contributed by atoms with van der Waals surface area (Å²) >= 11 is 0.923. The van der Waals surface area contributed by atoms with Crippen molar-refractivity contribution in [1.29, 1.82) is 0 Å². The van der Waals surface area contributed by atoms with Crippen LogP contribution in [0.25, 0.3) is 0 Å². The summed E-state index contributed by atoms with van der Waals surface area (Å²) in [5.41, 5.74) is 0.695. The van der Waals surface area contributed by atoms with E-state index in [4.69, 9.17) is 10.2 Å². The summed E-state index contributed by atoms with van der Waals surface area (Å²) < 4.78 is 35.9. The van der Waals surface area contributed by atoms with Crippen LogP contribution in [0.4, 0.5) is 13.2 Å². The molecule has 1 aromatic carbocycles. The average Bonchev–Trinajstić information content (AvgIpc) is 2.25. The largest absolute Gasteiger partial charge is 0.415 e. The number of hydrogen-bond acceptors (Lipinski definition) is 3. The van der Waals surface area contributed by atoms with Crippen molar-refractivity contribution >= 4 is 11.8 Å². The first-order valence-corrected chi connectivity index (χ1v) is 5.49. The summed E-state index contributed by atoms with van der Waals surface area (Å²) in [5.74, 6) is -0.429. The van der Waals surface area contributed by atoms with Gasteiger partial charge in [-0.2, -0.15) is 13.2 Å². The third-order valence-electron chi connectivity index (χ3n) is 1.89. The second kappa shape index (κ2) is 5.56. The van der Waals surface area contributed by atoms with Gasteiger partial charge in [0.25, 0.3) is 0 Å². The molecular formula is C10H11F3O2S. The summed E-state index contributed by atoms with van der Waals surface area (Å²) in [6, 6.07) is 6.48. The average molecular weight is 252 g/mol. The Kier molecular flexibility index (Phi) is 4.64. The zero-order valence-electron chi connectivity index (χ0n) is 8.24. The van der Waals surface area contributed by atoms with Gasteiger partial charge in [-0.05, 0) is 17.7 Å². The zero-order valence-corrected chi connectivity index (χ0v) is 9.05. The standard InChI is InChI=1S/C10H11F3O2S/c11-10(12,13)9(15)6-16-8-3-1-7(5-14)2-4-8/h1-4,9,14-15H,5-6H2. The molecule has 1 unspecified atom stereocenters. The fourth-order valence-corrected chi connectivity index (χ4v) is 1.83. The third kappa shape index (κ3) is 4.03. The van der Waals surface area contributed by atoms with E-state index in [0.717, 1.165) is 11.8 Å².